The summed E-state index contributed by atoms with van der Waals surface area (Å²) >= 11 is 3.25. The van der Waals surface area contributed by atoms with Gasteiger partial charge in [-0.05, 0) is 117 Å². The van der Waals surface area contributed by atoms with Crippen molar-refractivity contribution in [2.24, 2.45) is 0 Å². The third-order valence-electron chi connectivity index (χ3n) is 8.10. The molecule has 0 atom stereocenters. The summed E-state index contributed by atoms with van der Waals surface area (Å²) in [6, 6.07) is 8.51. The van der Waals surface area contributed by atoms with E-state index < -0.39 is 11.9 Å². The molecule has 0 bridgehead atoms. The van der Waals surface area contributed by atoms with Crippen molar-refractivity contribution in [2.75, 3.05) is 23.0 Å². The molecule has 0 saturated heterocycles. The molecule has 272 valence electrons. The molecule has 2 N–H and O–H groups in total. The van der Waals surface area contributed by atoms with Crippen LogP contribution in [0.4, 0.5) is 0 Å². The molecule has 9 heteroatoms. The molecule has 2 aromatic rings. The number of thioether (sulfide) groups is 2. The van der Waals surface area contributed by atoms with Gasteiger partial charge in [-0.15, -0.1) is 0 Å². The molecule has 0 unspecified atom stereocenters. The van der Waals surface area contributed by atoms with Gasteiger partial charge >= 0.3 is 37.7 Å². The molecule has 6 nitrogen and oxygen atoms in total. The van der Waals surface area contributed by atoms with E-state index in [4.69, 9.17) is 0 Å². The Morgan fingerprint density at radius 1 is 0.551 bits per heavy atom. The van der Waals surface area contributed by atoms with Gasteiger partial charge < -0.3 is 30.0 Å². The summed E-state index contributed by atoms with van der Waals surface area (Å²) in [5.74, 6) is 1.79. The molecule has 2 rings (SSSR count). The van der Waals surface area contributed by atoms with Crippen molar-refractivity contribution in [3.63, 3.8) is 0 Å². The Morgan fingerprint density at radius 2 is 0.857 bits per heavy atom. The molecule has 49 heavy (non-hydrogen) atoms. The predicted octanol–water partition coefficient (Wildman–Crippen LogP) is 7.21. The van der Waals surface area contributed by atoms with Gasteiger partial charge in [0.25, 0.3) is 0 Å². The number of aromatic hydroxyl groups is 2. The fraction of sp³-hybridized carbons (Fsp3) is 0.650. The minimum Gasteiger partial charge on any atom is -0.550 e. The maximum absolute atomic E-state index is 10.7. The van der Waals surface area contributed by atoms with Gasteiger partial charge in [0.05, 0.1) is 0 Å². The Balaban J connectivity index is 0.000000922. The van der Waals surface area contributed by atoms with Crippen LogP contribution in [0.5, 0.6) is 11.5 Å². The largest absolute Gasteiger partial charge is 2.00 e. The van der Waals surface area contributed by atoms with Crippen molar-refractivity contribution >= 4 is 73.2 Å². The molecule has 0 heterocycles. The number of hydrogen-bond acceptors (Lipinski definition) is 8. The van der Waals surface area contributed by atoms with Crippen LogP contribution in [0.2, 0.25) is 0 Å². The molecule has 2 aromatic carbocycles. The average molecular weight is 743 g/mol. The normalized spacial score (nSPS) is 12.2. The van der Waals surface area contributed by atoms with Crippen LogP contribution in [-0.4, -0.2) is 82.9 Å². The molecule has 0 saturated carbocycles. The van der Waals surface area contributed by atoms with E-state index in [1.165, 1.54) is 11.1 Å². The van der Waals surface area contributed by atoms with Crippen molar-refractivity contribution in [2.45, 2.75) is 143 Å². The Morgan fingerprint density at radius 3 is 1.10 bits per heavy atom. The first kappa shape index (κ1) is 47.9. The first-order chi connectivity index (χ1) is 21.9. The van der Waals surface area contributed by atoms with Gasteiger partial charge in [0.15, 0.2) is 0 Å². The van der Waals surface area contributed by atoms with E-state index in [1.54, 1.807) is 23.5 Å². The van der Waals surface area contributed by atoms with Gasteiger partial charge in [0.1, 0.15) is 11.5 Å². The number of carboxylic acid groups (broad SMARTS) is 2. The standard InChI is InChI=1S/2C20H32O3S.Ca/c2*1-19(2,3)15-12-14(8-7-10-24-11-9-17(21)22)18(23)16(13-15)20(4,5)6;/h2*12-13,23H,7-11H2,1-6H3,(H,21,22);/q;;+2/p-2. The molecule has 0 aliphatic heterocycles. The first-order valence-corrected chi connectivity index (χ1v) is 19.5. The molecule has 0 fully saturated rings. The van der Waals surface area contributed by atoms with Gasteiger partial charge in [0.2, 0.25) is 0 Å². The number of hydrogen-bond donors (Lipinski definition) is 2. The minimum atomic E-state index is -0.993. The average Bonchev–Trinajstić information content (AvgIpc) is 2.91. The number of aliphatic carboxylic acids is 2. The summed E-state index contributed by atoms with van der Waals surface area (Å²) in [6.45, 7) is 25.8. The van der Waals surface area contributed by atoms with E-state index in [9.17, 15) is 30.0 Å². The summed E-state index contributed by atoms with van der Waals surface area (Å²) in [7, 11) is 0. The number of carboxylic acids is 2. The third-order valence-corrected chi connectivity index (χ3v) is 10.2. The quantitative estimate of drug-likeness (QED) is 0.154. The number of benzene rings is 2. The molecular formula is C40H62CaO6S2. The summed E-state index contributed by atoms with van der Waals surface area (Å²) < 4.78 is 0. The van der Waals surface area contributed by atoms with Crippen molar-refractivity contribution in [1.29, 1.82) is 0 Å². The van der Waals surface area contributed by atoms with Crippen molar-refractivity contribution < 1.29 is 30.0 Å². The molecule has 0 aliphatic rings. The van der Waals surface area contributed by atoms with E-state index >= 15 is 0 Å². The van der Waals surface area contributed by atoms with E-state index in [2.05, 4.69) is 107 Å². The van der Waals surface area contributed by atoms with Crippen molar-refractivity contribution in [3.05, 3.63) is 57.6 Å². The van der Waals surface area contributed by atoms with Crippen LogP contribution in [0.25, 0.3) is 0 Å². The van der Waals surface area contributed by atoms with Crippen LogP contribution in [0, 0.1) is 0 Å². The summed E-state index contributed by atoms with van der Waals surface area (Å²) in [4.78, 5) is 20.8. The molecule has 0 amide bonds. The predicted molar refractivity (Wildman–Crippen MR) is 207 cm³/mol. The summed E-state index contributed by atoms with van der Waals surface area (Å²) in [5.41, 5.74) is 6.31. The number of carbonyl (C=O) groups excluding carboxylic acids is 2. The van der Waals surface area contributed by atoms with Crippen LogP contribution < -0.4 is 10.2 Å². The molecular weight excluding hydrogens is 681 g/mol. The molecule has 0 spiro atoms. The van der Waals surface area contributed by atoms with Crippen LogP contribution in [-0.2, 0) is 44.1 Å². The number of carbonyl (C=O) groups is 2. The van der Waals surface area contributed by atoms with Crippen LogP contribution >= 0.6 is 23.5 Å². The maximum atomic E-state index is 10.7. The second-order valence-corrected chi connectivity index (χ2v) is 19.2. The molecule has 0 aromatic heterocycles. The molecule has 0 radical (unpaired) electrons. The van der Waals surface area contributed by atoms with E-state index in [1.807, 2.05) is 0 Å². The van der Waals surface area contributed by atoms with E-state index in [-0.39, 0.29) is 72.2 Å². The zero-order valence-corrected chi connectivity index (χ0v) is 36.3. The third kappa shape index (κ3) is 17.8. The Bertz CT molecular complexity index is 1240. The smallest absolute Gasteiger partial charge is 0.550 e. The minimum absolute atomic E-state index is 0. The van der Waals surface area contributed by atoms with Gasteiger partial charge in [0, 0.05) is 11.9 Å². The van der Waals surface area contributed by atoms with Crippen LogP contribution in [0.1, 0.15) is 142 Å². The second-order valence-electron chi connectivity index (χ2n) is 16.7. The Labute approximate surface area is 336 Å². The summed E-state index contributed by atoms with van der Waals surface area (Å²) in [5, 5.41) is 42.2. The Kier molecular flexibility index (Phi) is 20.4. The molecule has 0 aliphatic carbocycles. The fourth-order valence-corrected chi connectivity index (χ4v) is 6.75. The number of rotatable bonds is 14. The van der Waals surface area contributed by atoms with Crippen molar-refractivity contribution in [1.82, 2.24) is 0 Å². The SMILES string of the molecule is CC(C)(C)c1cc(CCCSCCC(=O)[O-])c(O)c(C(C)(C)C)c1.CC(C)(C)c1cc(CCCSCCC(=O)[O-])c(O)c(C(C)(C)C)c1.[Ca+2]. The number of phenolic OH excluding ortho intramolecular Hbond substituents is 2. The Hall–Kier alpha value is -1.06. The maximum Gasteiger partial charge on any atom is 2.00 e. The van der Waals surface area contributed by atoms with Crippen molar-refractivity contribution in [3.8, 4) is 11.5 Å². The van der Waals surface area contributed by atoms with E-state index in [0.717, 1.165) is 59.4 Å². The fourth-order valence-electron chi connectivity index (χ4n) is 5.02. The second kappa shape index (κ2) is 20.8. The van der Waals surface area contributed by atoms with E-state index in [0.29, 0.717) is 23.0 Å². The van der Waals surface area contributed by atoms with Gasteiger partial charge in [-0.25, -0.2) is 0 Å². The van der Waals surface area contributed by atoms with Crippen LogP contribution in [0.15, 0.2) is 24.3 Å². The monoisotopic (exact) mass is 742 g/mol. The van der Waals surface area contributed by atoms with Gasteiger partial charge in [-0.1, -0.05) is 107 Å². The topological polar surface area (TPSA) is 121 Å². The van der Waals surface area contributed by atoms with Crippen LogP contribution in [0.3, 0.4) is 0 Å². The van der Waals surface area contributed by atoms with Gasteiger partial charge in [-0.2, -0.15) is 23.5 Å². The summed E-state index contributed by atoms with van der Waals surface area (Å²) in [6.07, 6.45) is 3.65. The zero-order chi connectivity index (χ0) is 37.1. The number of aryl methyl sites for hydroxylation is 2. The van der Waals surface area contributed by atoms with Gasteiger partial charge in [-0.3, -0.25) is 0 Å². The number of phenols is 2. The zero-order valence-electron chi connectivity index (χ0n) is 32.4. The first-order valence-electron chi connectivity index (χ1n) is 17.1.